The van der Waals surface area contributed by atoms with Crippen LogP contribution in [0.1, 0.15) is 52.4 Å². The summed E-state index contributed by atoms with van der Waals surface area (Å²) in [7, 11) is -3.29. The Bertz CT molecular complexity index is 253. The van der Waals surface area contributed by atoms with E-state index < -0.39 is 10.0 Å². The topological polar surface area (TPSA) is 72.2 Å². The fraction of sp³-hybridized carbons (Fsp3) is 1.00. The third kappa shape index (κ3) is 11.9. The van der Waals surface area contributed by atoms with Gasteiger partial charge < -0.3 is 5.32 Å². The van der Waals surface area contributed by atoms with Gasteiger partial charge in [-0.2, -0.15) is 0 Å². The van der Waals surface area contributed by atoms with E-state index in [0.29, 0.717) is 12.5 Å². The van der Waals surface area contributed by atoms with Crippen molar-refractivity contribution in [1.82, 2.24) is 5.32 Å². The van der Waals surface area contributed by atoms with Crippen LogP contribution in [0.15, 0.2) is 0 Å². The van der Waals surface area contributed by atoms with E-state index in [9.17, 15) is 8.42 Å². The molecule has 98 valence electrons. The molecule has 0 aromatic heterocycles. The summed E-state index contributed by atoms with van der Waals surface area (Å²) in [6.45, 7) is 5.07. The third-order valence-corrected chi connectivity index (χ3v) is 3.45. The predicted molar refractivity (Wildman–Crippen MR) is 68.8 cm³/mol. The van der Waals surface area contributed by atoms with Crippen molar-refractivity contribution >= 4 is 10.0 Å². The number of sulfonamides is 1. The van der Waals surface area contributed by atoms with Gasteiger partial charge in [-0.25, -0.2) is 13.6 Å². The van der Waals surface area contributed by atoms with Gasteiger partial charge in [-0.15, -0.1) is 0 Å². The van der Waals surface area contributed by atoms with Gasteiger partial charge in [-0.05, 0) is 26.3 Å². The van der Waals surface area contributed by atoms with Crippen molar-refractivity contribution < 1.29 is 8.42 Å². The van der Waals surface area contributed by atoms with Crippen molar-refractivity contribution in [3.63, 3.8) is 0 Å². The molecule has 0 saturated heterocycles. The molecule has 0 fully saturated rings. The maximum Gasteiger partial charge on any atom is 0.209 e. The largest absolute Gasteiger partial charge is 0.314 e. The van der Waals surface area contributed by atoms with Crippen LogP contribution in [-0.2, 0) is 10.0 Å². The van der Waals surface area contributed by atoms with E-state index in [4.69, 9.17) is 5.14 Å². The summed E-state index contributed by atoms with van der Waals surface area (Å²) in [5.41, 5.74) is 0. The summed E-state index contributed by atoms with van der Waals surface area (Å²) in [4.78, 5) is 0. The number of rotatable bonds is 10. The molecular formula is C11H26N2O2S. The summed E-state index contributed by atoms with van der Waals surface area (Å²) >= 11 is 0. The van der Waals surface area contributed by atoms with Crippen LogP contribution >= 0.6 is 0 Å². The van der Waals surface area contributed by atoms with Crippen LogP contribution in [0.4, 0.5) is 0 Å². The van der Waals surface area contributed by atoms with Crippen molar-refractivity contribution in [1.29, 1.82) is 0 Å². The van der Waals surface area contributed by atoms with Crippen molar-refractivity contribution in [2.45, 2.75) is 58.4 Å². The Morgan fingerprint density at radius 3 is 2.44 bits per heavy atom. The first kappa shape index (κ1) is 15.9. The number of nitrogens with one attached hydrogen (secondary N) is 1. The molecule has 0 aliphatic heterocycles. The molecule has 0 heterocycles. The number of hydrogen-bond acceptors (Lipinski definition) is 3. The van der Waals surface area contributed by atoms with Crippen LogP contribution < -0.4 is 10.5 Å². The SMILES string of the molecule is CCCCCCC(C)NCCCS(N)(=O)=O. The third-order valence-electron chi connectivity index (χ3n) is 2.59. The van der Waals surface area contributed by atoms with Gasteiger partial charge >= 0.3 is 0 Å². The van der Waals surface area contributed by atoms with Gasteiger partial charge in [-0.3, -0.25) is 0 Å². The van der Waals surface area contributed by atoms with Gasteiger partial charge in [-0.1, -0.05) is 32.6 Å². The first-order chi connectivity index (χ1) is 7.45. The lowest BCUT2D eigenvalue weighted by molar-refractivity contribution is 0.482. The van der Waals surface area contributed by atoms with Crippen LogP contribution in [0.25, 0.3) is 0 Å². The molecule has 0 aromatic rings. The lowest BCUT2D eigenvalue weighted by atomic mass is 10.1. The lowest BCUT2D eigenvalue weighted by Crippen LogP contribution is -2.29. The highest BCUT2D eigenvalue weighted by Crippen LogP contribution is 2.05. The number of unbranched alkanes of at least 4 members (excludes halogenated alkanes) is 3. The zero-order chi connectivity index (χ0) is 12.4. The minimum atomic E-state index is -3.29. The highest BCUT2D eigenvalue weighted by Gasteiger charge is 2.03. The van der Waals surface area contributed by atoms with Crippen molar-refractivity contribution in [2.75, 3.05) is 12.3 Å². The average Bonchev–Trinajstić information content (AvgIpc) is 2.18. The first-order valence-electron chi connectivity index (χ1n) is 6.19. The maximum absolute atomic E-state index is 10.7. The summed E-state index contributed by atoms with van der Waals surface area (Å²) in [5, 5.41) is 8.22. The normalized spacial score (nSPS) is 13.9. The second-order valence-corrected chi connectivity index (χ2v) is 6.16. The molecule has 1 unspecified atom stereocenters. The second-order valence-electron chi connectivity index (χ2n) is 4.43. The zero-order valence-corrected chi connectivity index (χ0v) is 11.4. The van der Waals surface area contributed by atoms with Crippen LogP contribution in [0.3, 0.4) is 0 Å². The van der Waals surface area contributed by atoms with E-state index in [2.05, 4.69) is 19.2 Å². The molecule has 0 aromatic carbocycles. The summed E-state index contributed by atoms with van der Waals surface area (Å²) in [6.07, 6.45) is 6.86. The standard InChI is InChI=1S/C11H26N2O2S/c1-3-4-5-6-8-11(2)13-9-7-10-16(12,14)15/h11,13H,3-10H2,1-2H3,(H2,12,14,15). The van der Waals surface area contributed by atoms with E-state index in [1.54, 1.807) is 0 Å². The molecule has 3 N–H and O–H groups in total. The minimum Gasteiger partial charge on any atom is -0.314 e. The number of primary sulfonamides is 1. The van der Waals surface area contributed by atoms with E-state index >= 15 is 0 Å². The molecule has 0 saturated carbocycles. The molecule has 0 amide bonds. The molecule has 0 rings (SSSR count). The Morgan fingerprint density at radius 1 is 1.19 bits per heavy atom. The first-order valence-corrected chi connectivity index (χ1v) is 7.91. The Morgan fingerprint density at radius 2 is 1.88 bits per heavy atom. The molecule has 0 spiro atoms. The van der Waals surface area contributed by atoms with Crippen molar-refractivity contribution in [3.8, 4) is 0 Å². The number of nitrogens with two attached hydrogens (primary N) is 1. The molecule has 1 atom stereocenters. The monoisotopic (exact) mass is 250 g/mol. The molecule has 4 nitrogen and oxygen atoms in total. The molecule has 0 aliphatic rings. The summed E-state index contributed by atoms with van der Waals surface area (Å²) in [5.74, 6) is 0.0720. The molecule has 0 bridgehead atoms. The number of hydrogen-bond donors (Lipinski definition) is 2. The fourth-order valence-electron chi connectivity index (χ4n) is 1.60. The Balaban J connectivity index is 3.33. The fourth-order valence-corrected chi connectivity index (χ4v) is 2.15. The summed E-state index contributed by atoms with van der Waals surface area (Å²) in [6, 6.07) is 0.470. The molecule has 0 radical (unpaired) electrons. The smallest absolute Gasteiger partial charge is 0.209 e. The van der Waals surface area contributed by atoms with Gasteiger partial charge in [0.05, 0.1) is 5.75 Å². The van der Waals surface area contributed by atoms with Gasteiger partial charge in [0, 0.05) is 6.04 Å². The van der Waals surface area contributed by atoms with Crippen molar-refractivity contribution in [2.24, 2.45) is 5.14 Å². The zero-order valence-electron chi connectivity index (χ0n) is 10.5. The van der Waals surface area contributed by atoms with Crippen LogP contribution in [0, 0.1) is 0 Å². The van der Waals surface area contributed by atoms with E-state index in [0.717, 1.165) is 13.0 Å². The van der Waals surface area contributed by atoms with E-state index in [1.165, 1.54) is 25.7 Å². The molecule has 16 heavy (non-hydrogen) atoms. The average molecular weight is 250 g/mol. The highest BCUT2D eigenvalue weighted by atomic mass is 32.2. The second kappa shape index (κ2) is 8.96. The van der Waals surface area contributed by atoms with Gasteiger partial charge in [0.15, 0.2) is 0 Å². The highest BCUT2D eigenvalue weighted by molar-refractivity contribution is 7.89. The summed E-state index contributed by atoms with van der Waals surface area (Å²) < 4.78 is 21.3. The maximum atomic E-state index is 10.7. The Labute approximate surface area is 100 Å². The van der Waals surface area contributed by atoms with E-state index in [-0.39, 0.29) is 5.75 Å². The predicted octanol–water partition coefficient (Wildman–Crippen LogP) is 1.61. The van der Waals surface area contributed by atoms with Crippen LogP contribution in [0.5, 0.6) is 0 Å². The lowest BCUT2D eigenvalue weighted by Gasteiger charge is -2.13. The minimum absolute atomic E-state index is 0.0720. The molecule has 0 aliphatic carbocycles. The van der Waals surface area contributed by atoms with Gasteiger partial charge in [0.25, 0.3) is 0 Å². The van der Waals surface area contributed by atoms with Crippen molar-refractivity contribution in [3.05, 3.63) is 0 Å². The quantitative estimate of drug-likeness (QED) is 0.579. The molecule has 5 heteroatoms. The Hall–Kier alpha value is -0.130. The van der Waals surface area contributed by atoms with Gasteiger partial charge in [0.2, 0.25) is 10.0 Å². The van der Waals surface area contributed by atoms with Crippen LogP contribution in [0.2, 0.25) is 0 Å². The molecular weight excluding hydrogens is 224 g/mol. The Kier molecular flexibility index (Phi) is 8.89. The van der Waals surface area contributed by atoms with Gasteiger partial charge in [0.1, 0.15) is 0 Å². The van der Waals surface area contributed by atoms with Crippen LogP contribution in [-0.4, -0.2) is 26.8 Å². The van der Waals surface area contributed by atoms with E-state index in [1.807, 2.05) is 0 Å².